The summed E-state index contributed by atoms with van der Waals surface area (Å²) in [6.07, 6.45) is 5.02. The number of amides is 2. The minimum atomic E-state index is -3.94. The Balaban J connectivity index is 0.00000406. The van der Waals surface area contributed by atoms with E-state index in [4.69, 9.17) is 4.98 Å². The first-order valence-corrected chi connectivity index (χ1v) is 20.1. The molecule has 3 aliphatic rings. The van der Waals surface area contributed by atoms with Crippen molar-refractivity contribution in [2.24, 2.45) is 5.92 Å². The van der Waals surface area contributed by atoms with Crippen LogP contribution in [0.25, 0.3) is 43.6 Å². The van der Waals surface area contributed by atoms with Gasteiger partial charge in [0, 0.05) is 35.5 Å². The van der Waals surface area contributed by atoms with Gasteiger partial charge in [0.15, 0.2) is 0 Å². The van der Waals surface area contributed by atoms with Gasteiger partial charge in [-0.1, -0.05) is 56.7 Å². The van der Waals surface area contributed by atoms with Gasteiger partial charge in [-0.3, -0.25) is 9.59 Å². The molecule has 9 nitrogen and oxygen atoms in total. The molecular weight excluding hydrogens is 679 g/mol. The van der Waals surface area contributed by atoms with Crippen LogP contribution in [0.4, 0.5) is 0 Å². The molecule has 11 heteroatoms. The van der Waals surface area contributed by atoms with Gasteiger partial charge in [0.2, 0.25) is 15.9 Å². The van der Waals surface area contributed by atoms with E-state index in [-0.39, 0.29) is 31.8 Å². The van der Waals surface area contributed by atoms with Crippen LogP contribution in [0.15, 0.2) is 60.7 Å². The van der Waals surface area contributed by atoms with E-state index < -0.39 is 21.2 Å². The maximum Gasteiger partial charge on any atom is 0.274 e. The predicted octanol–water partition coefficient (Wildman–Crippen LogP) is 7.48. The van der Waals surface area contributed by atoms with Gasteiger partial charge in [-0.2, -0.15) is 0 Å². The molecule has 8 rings (SSSR count). The second-order valence-corrected chi connectivity index (χ2v) is 17.3. The number of sulfonamides is 1. The summed E-state index contributed by atoms with van der Waals surface area (Å²) >= 11 is 1.33. The summed E-state index contributed by atoms with van der Waals surface area (Å²) in [7, 11) is -2.05. The lowest BCUT2D eigenvalue weighted by molar-refractivity contribution is -0.133. The number of nitrogens with one attached hydrogen (secondary N) is 2. The van der Waals surface area contributed by atoms with Crippen LogP contribution in [0.5, 0.6) is 0 Å². The third-order valence-corrected chi connectivity index (χ3v) is 14.4. The minimum absolute atomic E-state index is 0. The number of piperidine rings is 1. The third kappa shape index (κ3) is 6.27. The Morgan fingerprint density at radius 2 is 1.86 bits per heavy atom. The van der Waals surface area contributed by atoms with Crippen molar-refractivity contribution in [2.45, 2.75) is 83.6 Å². The lowest BCUT2D eigenvalue weighted by Gasteiger charge is -2.35. The molecule has 4 unspecified atom stereocenters. The molecule has 1 saturated carbocycles. The van der Waals surface area contributed by atoms with E-state index in [1.807, 2.05) is 36.2 Å². The molecule has 2 aliphatic heterocycles. The van der Waals surface area contributed by atoms with Crippen molar-refractivity contribution >= 4 is 54.3 Å². The van der Waals surface area contributed by atoms with Crippen LogP contribution in [0.1, 0.15) is 79.6 Å². The van der Waals surface area contributed by atoms with Crippen molar-refractivity contribution < 1.29 is 18.0 Å². The van der Waals surface area contributed by atoms with Gasteiger partial charge in [-0.05, 0) is 93.9 Å². The van der Waals surface area contributed by atoms with Crippen molar-refractivity contribution in [3.63, 3.8) is 0 Å². The average molecular weight is 726 g/mol. The number of aryl methyl sites for hydroxylation is 1. The number of likely N-dealkylation sites (N-methyl/N-ethyl adjacent to an activating group) is 1. The first kappa shape index (κ1) is 35.3. The van der Waals surface area contributed by atoms with Crippen LogP contribution in [0, 0.1) is 12.8 Å². The lowest BCUT2D eigenvalue weighted by atomic mass is 9.82. The number of pyridine rings is 1. The Morgan fingerprint density at radius 1 is 1.06 bits per heavy atom. The molecule has 2 N–H and O–H groups in total. The van der Waals surface area contributed by atoms with Gasteiger partial charge in [-0.25, -0.2) is 18.1 Å². The standard InChI is InChI=1S/C39H43N5O4S2.CH4/c1-23-9-4-5-11-28(23)31-17-14-25-19-26(15-16-30(25)41-31)37-36-29-12-6-7-13-34(29)50(47,48)42-39(46)33-20-32(38(36)49-33)44(37)22-35(45)43(3)24(2)27-10-8-18-40-21-27;/h4-5,9,11,14-17,19-20,24,27,29,34,40H,6-8,10,12-13,18,21-22H2,1-3H3,(H,42,46);1H4. The normalized spacial score (nSPS) is 21.9. The summed E-state index contributed by atoms with van der Waals surface area (Å²) in [6.45, 7) is 6.19. The van der Waals surface area contributed by atoms with Gasteiger partial charge in [-0.15, -0.1) is 11.3 Å². The zero-order valence-corrected chi connectivity index (χ0v) is 30.4. The van der Waals surface area contributed by atoms with Crippen molar-refractivity contribution in [3.05, 3.63) is 76.7 Å². The Morgan fingerprint density at radius 3 is 2.65 bits per heavy atom. The van der Waals surface area contributed by atoms with E-state index in [1.54, 1.807) is 6.07 Å². The predicted molar refractivity (Wildman–Crippen MR) is 207 cm³/mol. The Hall–Kier alpha value is -4.06. The van der Waals surface area contributed by atoms with E-state index in [9.17, 15) is 18.0 Å². The molecule has 5 aromatic rings. The van der Waals surface area contributed by atoms with E-state index in [2.05, 4.69) is 58.8 Å². The summed E-state index contributed by atoms with van der Waals surface area (Å²) in [5.41, 5.74) is 7.51. The van der Waals surface area contributed by atoms with Gasteiger partial charge in [0.1, 0.15) is 6.54 Å². The molecule has 0 spiro atoms. The van der Waals surface area contributed by atoms with E-state index in [0.717, 1.165) is 93.5 Å². The van der Waals surface area contributed by atoms with Crippen molar-refractivity contribution in [1.82, 2.24) is 24.5 Å². The fraction of sp³-hybridized carbons (Fsp3) is 0.425. The number of benzene rings is 2. The zero-order chi connectivity index (χ0) is 34.7. The highest BCUT2D eigenvalue weighted by Gasteiger charge is 2.43. The number of aromatic nitrogens is 2. The first-order chi connectivity index (χ1) is 24.1. The summed E-state index contributed by atoms with van der Waals surface area (Å²) in [5.74, 6) is -0.569. The molecule has 1 aliphatic carbocycles. The monoisotopic (exact) mass is 725 g/mol. The maximum atomic E-state index is 14.2. The van der Waals surface area contributed by atoms with Gasteiger partial charge in [0.05, 0.1) is 37.2 Å². The smallest absolute Gasteiger partial charge is 0.274 e. The summed E-state index contributed by atoms with van der Waals surface area (Å²) in [6, 6.07) is 20.4. The molecule has 2 bridgehead atoms. The largest absolute Gasteiger partial charge is 0.341 e. The van der Waals surface area contributed by atoms with Crippen molar-refractivity contribution in [3.8, 4) is 22.5 Å². The van der Waals surface area contributed by atoms with Crippen molar-refractivity contribution in [2.75, 3.05) is 20.1 Å². The minimum Gasteiger partial charge on any atom is -0.341 e. The first-order valence-electron chi connectivity index (χ1n) is 17.8. The molecule has 51 heavy (non-hydrogen) atoms. The van der Waals surface area contributed by atoms with Crippen molar-refractivity contribution in [1.29, 1.82) is 0 Å². The Bertz CT molecular complexity index is 2250. The average Bonchev–Trinajstić information content (AvgIpc) is 3.69. The number of hydrogen-bond donors (Lipinski definition) is 2. The van der Waals surface area contributed by atoms with Gasteiger partial charge < -0.3 is 14.8 Å². The second-order valence-electron chi connectivity index (χ2n) is 14.3. The molecule has 0 radical (unpaired) electrons. The third-order valence-electron chi connectivity index (χ3n) is 11.4. The SMILES string of the molecule is C.Cc1ccccc1-c1ccc2cc(-c3c4c5sc(cc5n3CC(=O)N(C)C(C)C3CCCNC3)C(=O)NS(=O)(=O)C3CCCCC43)ccc2n1. The van der Waals surface area contributed by atoms with Crippen LogP contribution in [0.3, 0.4) is 0 Å². The zero-order valence-electron chi connectivity index (χ0n) is 28.7. The highest BCUT2D eigenvalue weighted by molar-refractivity contribution is 7.90. The van der Waals surface area contributed by atoms with E-state index in [0.29, 0.717) is 23.6 Å². The number of rotatable bonds is 6. The number of carbonyl (C=O) groups is 2. The maximum absolute atomic E-state index is 14.2. The molecule has 1 saturated heterocycles. The number of fused-ring (bicyclic) bond motifs is 4. The quantitative estimate of drug-likeness (QED) is 0.188. The van der Waals surface area contributed by atoms with Crippen LogP contribution in [-0.2, 0) is 21.4 Å². The number of nitrogens with zero attached hydrogens (tertiary/aromatic N) is 3. The molecule has 3 aromatic heterocycles. The number of thiophene rings is 1. The van der Waals surface area contributed by atoms with Crippen LogP contribution in [-0.4, -0.2) is 66.1 Å². The molecule has 2 fully saturated rings. The second kappa shape index (κ2) is 13.8. The van der Waals surface area contributed by atoms with Crippen LogP contribution >= 0.6 is 11.3 Å². The van der Waals surface area contributed by atoms with Crippen LogP contribution < -0.4 is 10.0 Å². The fourth-order valence-electron chi connectivity index (χ4n) is 8.50. The summed E-state index contributed by atoms with van der Waals surface area (Å²) in [5, 5.41) is 3.70. The van der Waals surface area contributed by atoms with E-state index >= 15 is 0 Å². The molecule has 2 aromatic carbocycles. The van der Waals surface area contributed by atoms with E-state index in [1.165, 1.54) is 11.3 Å². The molecule has 4 atom stereocenters. The fourth-order valence-corrected chi connectivity index (χ4v) is 11.4. The Kier molecular flexibility index (Phi) is 9.58. The molecule has 5 heterocycles. The topological polar surface area (TPSA) is 113 Å². The molecule has 2 amide bonds. The summed E-state index contributed by atoms with van der Waals surface area (Å²) in [4.78, 5) is 34.8. The van der Waals surface area contributed by atoms with Gasteiger partial charge >= 0.3 is 0 Å². The number of carbonyl (C=O) groups excluding carboxylic acids is 2. The van der Waals surface area contributed by atoms with Crippen LogP contribution in [0.2, 0.25) is 0 Å². The molecule has 268 valence electrons. The highest BCUT2D eigenvalue weighted by Crippen LogP contribution is 2.49. The lowest BCUT2D eigenvalue weighted by Crippen LogP contribution is -2.46. The number of hydrogen-bond acceptors (Lipinski definition) is 7. The Labute approximate surface area is 304 Å². The molecular formula is C40H47N5O4S2. The van der Waals surface area contributed by atoms with Gasteiger partial charge in [0.25, 0.3) is 5.91 Å². The highest BCUT2D eigenvalue weighted by atomic mass is 32.2. The summed E-state index contributed by atoms with van der Waals surface area (Å²) < 4.78 is 32.9.